The van der Waals surface area contributed by atoms with Crippen molar-refractivity contribution in [3.63, 3.8) is 0 Å². The fourth-order valence-corrected chi connectivity index (χ4v) is 1.36. The average molecular weight is 201 g/mol. The van der Waals surface area contributed by atoms with Gasteiger partial charge in [0.05, 0.1) is 7.11 Å². The molecule has 1 saturated heterocycles. The highest BCUT2D eigenvalue weighted by Crippen LogP contribution is 2.19. The number of ether oxygens (including phenoxy) is 2. The third-order valence-corrected chi connectivity index (χ3v) is 2.38. The molecule has 1 aliphatic heterocycles. The van der Waals surface area contributed by atoms with E-state index in [0.717, 1.165) is 12.8 Å². The average Bonchev–Trinajstić information content (AvgIpc) is 2.17. The van der Waals surface area contributed by atoms with Crippen molar-refractivity contribution in [1.29, 1.82) is 0 Å². The Morgan fingerprint density at radius 3 is 2.43 bits per heavy atom. The lowest BCUT2D eigenvalue weighted by Gasteiger charge is -2.33. The second kappa shape index (κ2) is 4.41. The van der Waals surface area contributed by atoms with Gasteiger partial charge in [0.2, 0.25) is 0 Å². The van der Waals surface area contributed by atoms with Gasteiger partial charge in [0, 0.05) is 18.8 Å². The zero-order chi connectivity index (χ0) is 10.6. The Kier molecular flexibility index (Phi) is 3.46. The summed E-state index contributed by atoms with van der Waals surface area (Å²) < 4.78 is 9.48. The summed E-state index contributed by atoms with van der Waals surface area (Å²) in [6, 6.07) is 0. The number of hydrogen-bond acceptors (Lipinski definition) is 4. The maximum atomic E-state index is 11.2. The second-order valence-electron chi connectivity index (χ2n) is 3.62. The molecular weight excluding hydrogens is 186 g/mol. The van der Waals surface area contributed by atoms with Crippen LogP contribution in [0.5, 0.6) is 0 Å². The fraction of sp³-hybridized carbons (Fsp3) is 0.778. The molecule has 0 spiro atoms. The third kappa shape index (κ3) is 2.70. The summed E-state index contributed by atoms with van der Waals surface area (Å²) in [6.07, 6.45) is 1.44. The molecule has 0 unspecified atom stereocenters. The molecule has 0 radical (unpaired) electrons. The first-order valence-corrected chi connectivity index (χ1v) is 4.56. The number of carbonyl (C=O) groups excluding carboxylic acids is 2. The molecule has 1 rings (SSSR count). The molecule has 80 valence electrons. The molecule has 14 heavy (non-hydrogen) atoms. The molecule has 1 N–H and O–H groups in total. The summed E-state index contributed by atoms with van der Waals surface area (Å²) in [5, 5.41) is 2.65. The zero-order valence-corrected chi connectivity index (χ0v) is 8.46. The Morgan fingerprint density at radius 2 is 1.93 bits per heavy atom. The van der Waals surface area contributed by atoms with E-state index in [4.69, 9.17) is 4.74 Å². The first-order chi connectivity index (χ1) is 6.57. The smallest absolute Gasteiger partial charge is 0.396 e. The van der Waals surface area contributed by atoms with Gasteiger partial charge >= 0.3 is 11.9 Å². The van der Waals surface area contributed by atoms with E-state index in [2.05, 4.69) is 10.1 Å². The summed E-state index contributed by atoms with van der Waals surface area (Å²) >= 11 is 0. The summed E-state index contributed by atoms with van der Waals surface area (Å²) in [6.45, 7) is 3.12. The van der Waals surface area contributed by atoms with E-state index in [-0.39, 0.29) is 5.54 Å². The molecule has 1 heterocycles. The SMILES string of the molecule is COC(=O)C(=O)NC1(C)CCOCC1. The molecule has 0 aromatic carbocycles. The van der Waals surface area contributed by atoms with Crippen LogP contribution in [0.25, 0.3) is 0 Å². The molecule has 5 nitrogen and oxygen atoms in total. The molecule has 0 bridgehead atoms. The van der Waals surface area contributed by atoms with Crippen LogP contribution >= 0.6 is 0 Å². The zero-order valence-electron chi connectivity index (χ0n) is 8.46. The summed E-state index contributed by atoms with van der Waals surface area (Å²) in [5.41, 5.74) is -0.344. The quantitative estimate of drug-likeness (QED) is 0.473. The van der Waals surface area contributed by atoms with E-state index >= 15 is 0 Å². The van der Waals surface area contributed by atoms with Crippen LogP contribution in [0.15, 0.2) is 0 Å². The molecule has 1 aliphatic rings. The van der Waals surface area contributed by atoms with Crippen LogP contribution in [0, 0.1) is 0 Å². The largest absolute Gasteiger partial charge is 0.462 e. The van der Waals surface area contributed by atoms with E-state index in [1.165, 1.54) is 7.11 Å². The predicted octanol–water partition coefficient (Wildman–Crippen LogP) is -0.155. The Hall–Kier alpha value is -1.10. The van der Waals surface area contributed by atoms with Crippen molar-refractivity contribution < 1.29 is 19.1 Å². The normalized spacial score (nSPS) is 19.9. The number of hydrogen-bond donors (Lipinski definition) is 1. The molecule has 1 fully saturated rings. The number of carbonyl (C=O) groups is 2. The highest BCUT2D eigenvalue weighted by molar-refractivity contribution is 6.32. The minimum Gasteiger partial charge on any atom is -0.462 e. The minimum atomic E-state index is -0.849. The molecule has 0 saturated carbocycles. The van der Waals surface area contributed by atoms with Crippen molar-refractivity contribution in [3.05, 3.63) is 0 Å². The predicted molar refractivity (Wildman–Crippen MR) is 48.6 cm³/mol. The first kappa shape index (κ1) is 11.0. The lowest BCUT2D eigenvalue weighted by molar-refractivity contribution is -0.154. The van der Waals surface area contributed by atoms with Crippen molar-refractivity contribution in [2.75, 3.05) is 20.3 Å². The van der Waals surface area contributed by atoms with Gasteiger partial charge in [-0.05, 0) is 19.8 Å². The maximum absolute atomic E-state index is 11.2. The monoisotopic (exact) mass is 201 g/mol. The first-order valence-electron chi connectivity index (χ1n) is 4.56. The molecule has 0 atom stereocenters. The van der Waals surface area contributed by atoms with E-state index in [1.54, 1.807) is 0 Å². The van der Waals surface area contributed by atoms with Crippen LogP contribution in [0.2, 0.25) is 0 Å². The highest BCUT2D eigenvalue weighted by Gasteiger charge is 2.31. The summed E-state index contributed by atoms with van der Waals surface area (Å²) in [4.78, 5) is 22.1. The summed E-state index contributed by atoms with van der Waals surface area (Å²) in [5.74, 6) is -1.53. The van der Waals surface area contributed by atoms with Gasteiger partial charge in [-0.25, -0.2) is 4.79 Å². The van der Waals surface area contributed by atoms with E-state index in [9.17, 15) is 9.59 Å². The molecule has 0 aromatic heterocycles. The van der Waals surface area contributed by atoms with Crippen molar-refractivity contribution in [1.82, 2.24) is 5.32 Å². The standard InChI is InChI=1S/C9H15NO4/c1-9(3-5-14-6-4-9)10-7(11)8(12)13-2/h3-6H2,1-2H3,(H,10,11). The Balaban J connectivity index is 2.49. The number of methoxy groups -OCH3 is 1. The topological polar surface area (TPSA) is 64.6 Å². The van der Waals surface area contributed by atoms with Gasteiger partial charge in [-0.3, -0.25) is 4.79 Å². The number of nitrogens with one attached hydrogen (secondary N) is 1. The van der Waals surface area contributed by atoms with Crippen LogP contribution in [-0.2, 0) is 19.1 Å². The molecule has 1 amide bonds. The molecular formula is C9H15NO4. The molecule has 0 aliphatic carbocycles. The molecule has 0 aromatic rings. The lowest BCUT2D eigenvalue weighted by Crippen LogP contribution is -2.51. The minimum absolute atomic E-state index is 0.344. The second-order valence-corrected chi connectivity index (χ2v) is 3.62. The number of esters is 1. The van der Waals surface area contributed by atoms with Crippen molar-refractivity contribution in [2.45, 2.75) is 25.3 Å². The van der Waals surface area contributed by atoms with Crippen LogP contribution in [0.3, 0.4) is 0 Å². The van der Waals surface area contributed by atoms with E-state index in [1.807, 2.05) is 6.92 Å². The van der Waals surface area contributed by atoms with Gasteiger partial charge < -0.3 is 14.8 Å². The van der Waals surface area contributed by atoms with Crippen LogP contribution < -0.4 is 5.32 Å². The van der Waals surface area contributed by atoms with E-state index < -0.39 is 11.9 Å². The fourth-order valence-electron chi connectivity index (χ4n) is 1.36. The van der Waals surface area contributed by atoms with Gasteiger partial charge in [-0.2, -0.15) is 0 Å². The van der Waals surface area contributed by atoms with Gasteiger partial charge in [0.25, 0.3) is 0 Å². The van der Waals surface area contributed by atoms with Gasteiger partial charge in [0.1, 0.15) is 0 Å². The van der Waals surface area contributed by atoms with E-state index in [0.29, 0.717) is 13.2 Å². The Bertz CT molecular complexity index is 233. The van der Waals surface area contributed by atoms with Gasteiger partial charge in [-0.15, -0.1) is 0 Å². The van der Waals surface area contributed by atoms with Crippen LogP contribution in [-0.4, -0.2) is 37.7 Å². The Morgan fingerprint density at radius 1 is 1.36 bits per heavy atom. The lowest BCUT2D eigenvalue weighted by atomic mass is 9.92. The van der Waals surface area contributed by atoms with Crippen LogP contribution in [0.4, 0.5) is 0 Å². The van der Waals surface area contributed by atoms with Gasteiger partial charge in [0.15, 0.2) is 0 Å². The summed E-state index contributed by atoms with van der Waals surface area (Å²) in [7, 11) is 1.19. The van der Waals surface area contributed by atoms with Crippen LogP contribution in [0.1, 0.15) is 19.8 Å². The van der Waals surface area contributed by atoms with Gasteiger partial charge in [-0.1, -0.05) is 0 Å². The number of amides is 1. The molecule has 5 heteroatoms. The Labute approximate surface area is 82.8 Å². The van der Waals surface area contributed by atoms with Crippen molar-refractivity contribution >= 4 is 11.9 Å². The number of rotatable bonds is 1. The maximum Gasteiger partial charge on any atom is 0.396 e. The third-order valence-electron chi connectivity index (χ3n) is 2.38. The highest BCUT2D eigenvalue weighted by atomic mass is 16.5. The van der Waals surface area contributed by atoms with Crippen molar-refractivity contribution in [2.24, 2.45) is 0 Å². The van der Waals surface area contributed by atoms with Crippen molar-refractivity contribution in [3.8, 4) is 0 Å².